The van der Waals surface area contributed by atoms with Crippen LogP contribution in [0, 0.1) is 0 Å². The minimum Gasteiger partial charge on any atom is -0.384 e. The molecular weight excluding hydrogens is 280 g/mol. The molecule has 23 heavy (non-hydrogen) atoms. The van der Waals surface area contributed by atoms with Gasteiger partial charge in [0.1, 0.15) is 0 Å². The van der Waals surface area contributed by atoms with Crippen molar-refractivity contribution in [3.05, 3.63) is 95.6 Å². The molecule has 0 aliphatic rings. The first kappa shape index (κ1) is 15.5. The van der Waals surface area contributed by atoms with Gasteiger partial charge in [0.2, 0.25) is 0 Å². The van der Waals surface area contributed by atoms with E-state index < -0.39 is 6.10 Å². The van der Waals surface area contributed by atoms with Crippen LogP contribution in [0.1, 0.15) is 30.6 Å². The van der Waals surface area contributed by atoms with Crippen molar-refractivity contribution in [2.45, 2.75) is 25.9 Å². The first-order chi connectivity index (χ1) is 11.2. The predicted molar refractivity (Wildman–Crippen MR) is 97.4 cm³/mol. The normalized spacial score (nSPS) is 13.2. The second-order valence-corrected chi connectivity index (χ2v) is 6.01. The van der Waals surface area contributed by atoms with Gasteiger partial charge in [0.15, 0.2) is 0 Å². The Morgan fingerprint density at radius 1 is 0.913 bits per heavy atom. The van der Waals surface area contributed by atoms with Crippen LogP contribution in [-0.4, -0.2) is 5.11 Å². The fraction of sp³-hybridized carbons (Fsp3) is 0.182. The van der Waals surface area contributed by atoms with Crippen molar-refractivity contribution < 1.29 is 5.11 Å². The molecule has 3 rings (SSSR count). The van der Waals surface area contributed by atoms with Crippen molar-refractivity contribution in [2.24, 2.45) is 0 Å². The Hall–Kier alpha value is -2.38. The fourth-order valence-electron chi connectivity index (χ4n) is 2.94. The highest BCUT2D eigenvalue weighted by molar-refractivity contribution is 5.86. The lowest BCUT2D eigenvalue weighted by Crippen LogP contribution is -1.96. The highest BCUT2D eigenvalue weighted by Gasteiger charge is 2.08. The maximum absolute atomic E-state index is 10.6. The average molecular weight is 302 g/mol. The lowest BCUT2D eigenvalue weighted by atomic mass is 9.98. The van der Waals surface area contributed by atoms with Gasteiger partial charge in [-0.1, -0.05) is 84.4 Å². The quantitative estimate of drug-likeness (QED) is 0.621. The highest BCUT2D eigenvalue weighted by Crippen LogP contribution is 2.26. The molecule has 1 unspecified atom stereocenters. The molecule has 3 aromatic carbocycles. The van der Waals surface area contributed by atoms with E-state index in [1.54, 1.807) is 0 Å². The Labute approximate surface area is 137 Å². The molecule has 1 nitrogen and oxygen atoms in total. The van der Waals surface area contributed by atoms with Crippen LogP contribution in [0.2, 0.25) is 0 Å². The number of aliphatic hydroxyl groups is 1. The standard InChI is InChI=1S/C22H22O/c1-17(14-15-18-8-3-2-4-9-18)16-22(23)21-13-7-11-19-10-5-6-12-20(19)21/h2-13,16,22-23H,14-15H2,1H3/b17-16+. The molecule has 0 aliphatic carbocycles. The Morgan fingerprint density at radius 3 is 2.43 bits per heavy atom. The highest BCUT2D eigenvalue weighted by atomic mass is 16.3. The fourth-order valence-corrected chi connectivity index (χ4v) is 2.94. The summed E-state index contributed by atoms with van der Waals surface area (Å²) in [6.45, 7) is 2.09. The minimum atomic E-state index is -0.558. The van der Waals surface area contributed by atoms with Gasteiger partial charge in [-0.3, -0.25) is 0 Å². The van der Waals surface area contributed by atoms with Crippen LogP contribution in [0.5, 0.6) is 0 Å². The average Bonchev–Trinajstić information content (AvgIpc) is 2.60. The summed E-state index contributed by atoms with van der Waals surface area (Å²) in [6, 6.07) is 24.8. The third-order valence-electron chi connectivity index (χ3n) is 4.24. The summed E-state index contributed by atoms with van der Waals surface area (Å²) in [4.78, 5) is 0. The van der Waals surface area contributed by atoms with Gasteiger partial charge in [-0.05, 0) is 41.7 Å². The molecule has 0 amide bonds. The maximum atomic E-state index is 10.6. The van der Waals surface area contributed by atoms with Gasteiger partial charge in [-0.2, -0.15) is 0 Å². The van der Waals surface area contributed by atoms with Crippen LogP contribution >= 0.6 is 0 Å². The number of benzene rings is 3. The smallest absolute Gasteiger partial charge is 0.0980 e. The van der Waals surface area contributed by atoms with Crippen LogP contribution in [0.15, 0.2) is 84.4 Å². The molecule has 0 spiro atoms. The van der Waals surface area contributed by atoms with Crippen molar-refractivity contribution in [3.8, 4) is 0 Å². The summed E-state index contributed by atoms with van der Waals surface area (Å²) in [6.07, 6.45) is 3.39. The molecule has 0 bridgehead atoms. The molecule has 0 aromatic heterocycles. The molecule has 0 heterocycles. The van der Waals surface area contributed by atoms with E-state index in [4.69, 9.17) is 0 Å². The molecule has 116 valence electrons. The van der Waals surface area contributed by atoms with Crippen LogP contribution in [-0.2, 0) is 6.42 Å². The number of aryl methyl sites for hydroxylation is 1. The molecule has 1 heteroatoms. The molecule has 0 saturated carbocycles. The largest absolute Gasteiger partial charge is 0.384 e. The van der Waals surface area contributed by atoms with Crippen molar-refractivity contribution in [1.29, 1.82) is 0 Å². The molecule has 3 aromatic rings. The SMILES string of the molecule is C/C(=C\C(O)c1cccc2ccccc12)CCc1ccccc1. The number of fused-ring (bicyclic) bond motifs is 1. The van der Waals surface area contributed by atoms with E-state index in [1.807, 2.05) is 36.4 Å². The lowest BCUT2D eigenvalue weighted by Gasteiger charge is -2.12. The van der Waals surface area contributed by atoms with Crippen molar-refractivity contribution in [2.75, 3.05) is 0 Å². The molecule has 0 radical (unpaired) electrons. The van der Waals surface area contributed by atoms with Gasteiger partial charge in [0.05, 0.1) is 6.10 Å². The third kappa shape index (κ3) is 3.88. The molecular formula is C22H22O. The molecule has 1 N–H and O–H groups in total. The van der Waals surface area contributed by atoms with E-state index in [0.29, 0.717) is 0 Å². The van der Waals surface area contributed by atoms with Gasteiger partial charge in [-0.25, -0.2) is 0 Å². The number of allylic oxidation sites excluding steroid dienone is 1. The van der Waals surface area contributed by atoms with E-state index >= 15 is 0 Å². The second-order valence-electron chi connectivity index (χ2n) is 6.01. The van der Waals surface area contributed by atoms with E-state index in [-0.39, 0.29) is 0 Å². The maximum Gasteiger partial charge on any atom is 0.0980 e. The first-order valence-electron chi connectivity index (χ1n) is 8.11. The van der Waals surface area contributed by atoms with Crippen LogP contribution in [0.4, 0.5) is 0 Å². The predicted octanol–water partition coefficient (Wildman–Crippen LogP) is 5.45. The zero-order chi connectivity index (χ0) is 16.1. The topological polar surface area (TPSA) is 20.2 Å². The van der Waals surface area contributed by atoms with Crippen LogP contribution in [0.25, 0.3) is 10.8 Å². The molecule has 0 fully saturated rings. The Morgan fingerprint density at radius 2 is 1.61 bits per heavy atom. The van der Waals surface area contributed by atoms with E-state index in [0.717, 1.165) is 23.8 Å². The van der Waals surface area contributed by atoms with E-state index in [1.165, 1.54) is 16.5 Å². The molecule has 0 saturated heterocycles. The minimum absolute atomic E-state index is 0.558. The lowest BCUT2D eigenvalue weighted by molar-refractivity contribution is 0.229. The van der Waals surface area contributed by atoms with E-state index in [9.17, 15) is 5.11 Å². The monoisotopic (exact) mass is 302 g/mol. The number of hydrogen-bond donors (Lipinski definition) is 1. The number of hydrogen-bond acceptors (Lipinski definition) is 1. The van der Waals surface area contributed by atoms with E-state index in [2.05, 4.69) is 49.4 Å². The van der Waals surface area contributed by atoms with Gasteiger partial charge < -0.3 is 5.11 Å². The Balaban J connectivity index is 1.75. The van der Waals surface area contributed by atoms with Crippen molar-refractivity contribution in [1.82, 2.24) is 0 Å². The third-order valence-corrected chi connectivity index (χ3v) is 4.24. The zero-order valence-electron chi connectivity index (χ0n) is 13.4. The first-order valence-corrected chi connectivity index (χ1v) is 8.11. The summed E-state index contributed by atoms with van der Waals surface area (Å²) in [7, 11) is 0. The second kappa shape index (κ2) is 7.26. The van der Waals surface area contributed by atoms with Crippen LogP contribution < -0.4 is 0 Å². The van der Waals surface area contributed by atoms with Crippen molar-refractivity contribution in [3.63, 3.8) is 0 Å². The summed E-state index contributed by atoms with van der Waals surface area (Å²) in [5.41, 5.74) is 3.52. The molecule has 1 atom stereocenters. The summed E-state index contributed by atoms with van der Waals surface area (Å²) < 4.78 is 0. The summed E-state index contributed by atoms with van der Waals surface area (Å²) >= 11 is 0. The Kier molecular flexibility index (Phi) is 4.89. The van der Waals surface area contributed by atoms with Crippen LogP contribution in [0.3, 0.4) is 0 Å². The number of rotatable bonds is 5. The van der Waals surface area contributed by atoms with Gasteiger partial charge in [-0.15, -0.1) is 0 Å². The Bertz CT molecular complexity index is 797. The molecule has 0 aliphatic heterocycles. The van der Waals surface area contributed by atoms with Gasteiger partial charge in [0, 0.05) is 0 Å². The summed E-state index contributed by atoms with van der Waals surface area (Å²) in [5.74, 6) is 0. The zero-order valence-corrected chi connectivity index (χ0v) is 13.4. The van der Waals surface area contributed by atoms with Gasteiger partial charge in [0.25, 0.3) is 0 Å². The number of aliphatic hydroxyl groups excluding tert-OH is 1. The van der Waals surface area contributed by atoms with Gasteiger partial charge >= 0.3 is 0 Å². The van der Waals surface area contributed by atoms with Crippen molar-refractivity contribution >= 4 is 10.8 Å². The summed E-state index contributed by atoms with van der Waals surface area (Å²) in [5, 5.41) is 12.9.